The van der Waals surface area contributed by atoms with Crippen LogP contribution in [0, 0.1) is 12.8 Å². The molecular formula is C22H24BrNO4. The Kier molecular flexibility index (Phi) is 7.81. The van der Waals surface area contributed by atoms with Gasteiger partial charge in [0.25, 0.3) is 0 Å². The molecule has 0 aromatic heterocycles. The van der Waals surface area contributed by atoms with E-state index in [1.807, 2.05) is 49.4 Å². The van der Waals surface area contributed by atoms with Gasteiger partial charge in [0, 0.05) is 16.1 Å². The average Bonchev–Trinajstić information content (AvgIpc) is 2.64. The second kappa shape index (κ2) is 10.1. The molecule has 0 fully saturated rings. The minimum Gasteiger partial charge on any atom is -0.488 e. The Bertz CT molecular complexity index is 859. The number of rotatable bonds is 8. The van der Waals surface area contributed by atoms with Crippen molar-refractivity contribution in [1.29, 1.82) is 0 Å². The Hall–Kier alpha value is -2.60. The van der Waals surface area contributed by atoms with E-state index in [-0.39, 0.29) is 5.92 Å². The van der Waals surface area contributed by atoms with E-state index in [9.17, 15) is 14.7 Å². The molecule has 0 bridgehead atoms. The van der Waals surface area contributed by atoms with Gasteiger partial charge in [0.2, 0.25) is 5.91 Å². The molecule has 6 heteroatoms. The number of carboxylic acid groups (broad SMARTS) is 1. The first kappa shape index (κ1) is 21.7. The number of hydrogen-bond acceptors (Lipinski definition) is 3. The van der Waals surface area contributed by atoms with Gasteiger partial charge in [0.1, 0.15) is 18.4 Å². The topological polar surface area (TPSA) is 75.6 Å². The van der Waals surface area contributed by atoms with E-state index in [0.717, 1.165) is 10.0 Å². The number of benzene rings is 2. The first-order valence-corrected chi connectivity index (χ1v) is 9.75. The van der Waals surface area contributed by atoms with E-state index in [1.54, 1.807) is 19.9 Å². The van der Waals surface area contributed by atoms with Crippen LogP contribution in [0.15, 0.2) is 53.0 Å². The molecule has 2 N–H and O–H groups in total. The minimum absolute atomic E-state index is 0.214. The molecule has 0 aliphatic rings. The maximum atomic E-state index is 12.1. The Labute approximate surface area is 173 Å². The zero-order chi connectivity index (χ0) is 20.7. The number of aliphatic carboxylic acids is 1. The second-order valence-electron chi connectivity index (χ2n) is 6.86. The summed E-state index contributed by atoms with van der Waals surface area (Å²) in [5.74, 6) is -1.10. The third-order valence-corrected chi connectivity index (χ3v) is 4.62. The summed E-state index contributed by atoms with van der Waals surface area (Å²) in [7, 11) is 0. The maximum absolute atomic E-state index is 12.1. The Morgan fingerprint density at radius 1 is 1.18 bits per heavy atom. The number of ether oxygens (including phenoxy) is 1. The average molecular weight is 446 g/mol. The lowest BCUT2D eigenvalue weighted by Crippen LogP contribution is -2.43. The summed E-state index contributed by atoms with van der Waals surface area (Å²) < 4.78 is 6.76. The van der Waals surface area contributed by atoms with Crippen LogP contribution in [0.2, 0.25) is 0 Å². The number of amides is 1. The van der Waals surface area contributed by atoms with Gasteiger partial charge in [-0.1, -0.05) is 59.6 Å². The SMILES string of the molecule is Cc1ccc(COc2ccc(Br)cc2/C=C/C(=O)N[C@@H](C(=O)O)C(C)C)cc1. The molecule has 2 rings (SSSR count). The summed E-state index contributed by atoms with van der Waals surface area (Å²) in [6.07, 6.45) is 2.93. The van der Waals surface area contributed by atoms with Gasteiger partial charge >= 0.3 is 5.97 Å². The lowest BCUT2D eigenvalue weighted by molar-refractivity contribution is -0.142. The van der Waals surface area contributed by atoms with E-state index in [2.05, 4.69) is 21.2 Å². The van der Waals surface area contributed by atoms with Crippen molar-refractivity contribution in [3.63, 3.8) is 0 Å². The smallest absolute Gasteiger partial charge is 0.326 e. The summed E-state index contributed by atoms with van der Waals surface area (Å²) in [5.41, 5.74) is 2.94. The van der Waals surface area contributed by atoms with E-state index in [4.69, 9.17) is 4.74 Å². The Morgan fingerprint density at radius 3 is 2.46 bits per heavy atom. The van der Waals surface area contributed by atoms with Crippen LogP contribution in [0.4, 0.5) is 0 Å². The van der Waals surface area contributed by atoms with Crippen LogP contribution in [-0.2, 0) is 16.2 Å². The molecule has 0 radical (unpaired) electrons. The van der Waals surface area contributed by atoms with Crippen molar-refractivity contribution in [2.24, 2.45) is 5.92 Å². The number of aryl methyl sites for hydroxylation is 1. The molecule has 0 saturated heterocycles. The molecule has 1 amide bonds. The van der Waals surface area contributed by atoms with Crippen LogP contribution in [0.25, 0.3) is 6.08 Å². The van der Waals surface area contributed by atoms with Crippen LogP contribution in [0.5, 0.6) is 5.75 Å². The normalized spacial score (nSPS) is 12.2. The van der Waals surface area contributed by atoms with Crippen molar-refractivity contribution in [3.8, 4) is 5.75 Å². The zero-order valence-electron chi connectivity index (χ0n) is 16.1. The van der Waals surface area contributed by atoms with E-state index >= 15 is 0 Å². The molecule has 0 aliphatic carbocycles. The summed E-state index contributed by atoms with van der Waals surface area (Å²) in [4.78, 5) is 23.4. The molecule has 0 heterocycles. The molecular weight excluding hydrogens is 422 g/mol. The van der Waals surface area contributed by atoms with Crippen molar-refractivity contribution >= 4 is 33.9 Å². The van der Waals surface area contributed by atoms with Gasteiger partial charge in [0.15, 0.2) is 0 Å². The predicted molar refractivity (Wildman–Crippen MR) is 113 cm³/mol. The molecule has 0 spiro atoms. The maximum Gasteiger partial charge on any atom is 0.326 e. The first-order chi connectivity index (χ1) is 13.3. The summed E-state index contributed by atoms with van der Waals surface area (Å²) in [6, 6.07) is 12.7. The highest BCUT2D eigenvalue weighted by Crippen LogP contribution is 2.25. The van der Waals surface area contributed by atoms with Crippen LogP contribution in [0.3, 0.4) is 0 Å². The van der Waals surface area contributed by atoms with E-state index in [1.165, 1.54) is 11.6 Å². The second-order valence-corrected chi connectivity index (χ2v) is 7.77. The van der Waals surface area contributed by atoms with E-state index < -0.39 is 17.9 Å². The molecule has 1 atom stereocenters. The van der Waals surface area contributed by atoms with Crippen LogP contribution >= 0.6 is 15.9 Å². The summed E-state index contributed by atoms with van der Waals surface area (Å²) in [6.45, 7) is 5.92. The number of carbonyl (C=O) groups is 2. The number of carboxylic acids is 1. The first-order valence-electron chi connectivity index (χ1n) is 8.95. The van der Waals surface area contributed by atoms with Gasteiger partial charge in [0.05, 0.1) is 0 Å². The predicted octanol–water partition coefficient (Wildman–Crippen LogP) is 4.58. The molecule has 0 saturated carbocycles. The fourth-order valence-corrected chi connectivity index (χ4v) is 2.89. The Morgan fingerprint density at radius 2 is 1.86 bits per heavy atom. The van der Waals surface area contributed by atoms with Gasteiger partial charge in [-0.05, 0) is 42.7 Å². The highest BCUT2D eigenvalue weighted by atomic mass is 79.9. The number of halogens is 1. The van der Waals surface area contributed by atoms with Gasteiger partial charge < -0.3 is 15.2 Å². The zero-order valence-corrected chi connectivity index (χ0v) is 17.7. The highest BCUT2D eigenvalue weighted by Gasteiger charge is 2.22. The third kappa shape index (κ3) is 6.53. The Balaban J connectivity index is 2.10. The number of nitrogens with one attached hydrogen (secondary N) is 1. The fourth-order valence-electron chi connectivity index (χ4n) is 2.51. The molecule has 28 heavy (non-hydrogen) atoms. The van der Waals surface area contributed by atoms with Crippen molar-refractivity contribution in [1.82, 2.24) is 5.32 Å². The number of hydrogen-bond donors (Lipinski definition) is 2. The largest absolute Gasteiger partial charge is 0.488 e. The molecule has 0 aliphatic heterocycles. The van der Waals surface area contributed by atoms with Crippen LogP contribution in [-0.4, -0.2) is 23.0 Å². The molecule has 148 valence electrons. The van der Waals surface area contributed by atoms with Gasteiger partial charge in [-0.25, -0.2) is 4.79 Å². The van der Waals surface area contributed by atoms with Gasteiger partial charge in [-0.2, -0.15) is 0 Å². The molecule has 2 aromatic carbocycles. The quantitative estimate of drug-likeness (QED) is 0.583. The molecule has 2 aromatic rings. The van der Waals surface area contributed by atoms with Crippen LogP contribution < -0.4 is 10.1 Å². The monoisotopic (exact) mass is 445 g/mol. The van der Waals surface area contributed by atoms with Crippen LogP contribution in [0.1, 0.15) is 30.5 Å². The van der Waals surface area contributed by atoms with Crippen molar-refractivity contribution in [3.05, 3.63) is 69.7 Å². The lowest BCUT2D eigenvalue weighted by atomic mass is 10.0. The van der Waals surface area contributed by atoms with Crippen molar-refractivity contribution in [2.45, 2.75) is 33.4 Å². The number of carbonyl (C=O) groups excluding carboxylic acids is 1. The molecule has 0 unspecified atom stereocenters. The van der Waals surface area contributed by atoms with Crippen molar-refractivity contribution < 1.29 is 19.4 Å². The molecule has 5 nitrogen and oxygen atoms in total. The van der Waals surface area contributed by atoms with Gasteiger partial charge in [-0.3, -0.25) is 4.79 Å². The summed E-state index contributed by atoms with van der Waals surface area (Å²) >= 11 is 3.42. The van der Waals surface area contributed by atoms with E-state index in [0.29, 0.717) is 17.9 Å². The summed E-state index contributed by atoms with van der Waals surface area (Å²) in [5, 5.41) is 11.7. The highest BCUT2D eigenvalue weighted by molar-refractivity contribution is 9.10. The van der Waals surface area contributed by atoms with Crippen molar-refractivity contribution in [2.75, 3.05) is 0 Å². The fraction of sp³-hybridized carbons (Fsp3) is 0.273. The standard InChI is InChI=1S/C22H24BrNO4/c1-14(2)21(22(26)27)24-20(25)11-8-17-12-18(23)9-10-19(17)28-13-16-6-4-15(3)5-7-16/h4-12,14,21H,13H2,1-3H3,(H,24,25)(H,26,27)/b11-8+/t21-/m1/s1. The lowest BCUT2D eigenvalue weighted by Gasteiger charge is -2.16. The minimum atomic E-state index is -1.05. The third-order valence-electron chi connectivity index (χ3n) is 4.13. The van der Waals surface area contributed by atoms with Gasteiger partial charge in [-0.15, -0.1) is 0 Å².